The first kappa shape index (κ1) is 18.8. The summed E-state index contributed by atoms with van der Waals surface area (Å²) in [7, 11) is -3.85. The van der Waals surface area contributed by atoms with Gasteiger partial charge in [0, 0.05) is 12.4 Å². The molecule has 0 unspecified atom stereocenters. The van der Waals surface area contributed by atoms with Gasteiger partial charge in [0.25, 0.3) is 15.9 Å². The van der Waals surface area contributed by atoms with E-state index in [2.05, 4.69) is 19.7 Å². The van der Waals surface area contributed by atoms with E-state index in [-0.39, 0.29) is 23.2 Å². The van der Waals surface area contributed by atoms with Crippen molar-refractivity contribution in [3.05, 3.63) is 84.2 Å². The van der Waals surface area contributed by atoms with Crippen molar-refractivity contribution >= 4 is 26.9 Å². The molecule has 1 N–H and O–H groups in total. The van der Waals surface area contributed by atoms with Crippen molar-refractivity contribution in [3.63, 3.8) is 0 Å². The first-order valence-corrected chi connectivity index (χ1v) is 10.4. The topological polar surface area (TPSA) is 94.1 Å². The number of aryl methyl sites for hydroxylation is 1. The highest BCUT2D eigenvalue weighted by Gasteiger charge is 2.19. The van der Waals surface area contributed by atoms with Crippen LogP contribution in [0.1, 0.15) is 11.1 Å². The fourth-order valence-electron chi connectivity index (χ4n) is 2.69. The van der Waals surface area contributed by atoms with Crippen molar-refractivity contribution in [1.29, 1.82) is 0 Å². The van der Waals surface area contributed by atoms with Crippen LogP contribution in [0, 0.1) is 6.92 Å². The van der Waals surface area contributed by atoms with Crippen LogP contribution in [-0.2, 0) is 16.6 Å². The highest BCUT2D eigenvalue weighted by Crippen LogP contribution is 2.27. The summed E-state index contributed by atoms with van der Waals surface area (Å²) >= 11 is 0. The maximum absolute atomic E-state index is 12.8. The zero-order valence-electron chi connectivity index (χ0n) is 15.6. The quantitative estimate of drug-likeness (QED) is 0.525. The smallest absolute Gasteiger partial charge is 0.263 e. The van der Waals surface area contributed by atoms with Crippen LogP contribution in [0.25, 0.3) is 11.0 Å². The number of sulfonamides is 1. The van der Waals surface area contributed by atoms with E-state index in [1.54, 1.807) is 48.8 Å². The third kappa shape index (κ3) is 4.33. The second-order valence-corrected chi connectivity index (χ2v) is 8.11. The minimum absolute atomic E-state index is 0.0401. The maximum atomic E-state index is 12.8. The van der Waals surface area contributed by atoms with E-state index < -0.39 is 10.0 Å². The predicted molar refractivity (Wildman–Crippen MR) is 110 cm³/mol. The molecule has 0 radical (unpaired) electrons. The van der Waals surface area contributed by atoms with Gasteiger partial charge in [-0.1, -0.05) is 29.8 Å². The molecule has 2 heterocycles. The Morgan fingerprint density at radius 2 is 1.55 bits per heavy atom. The molecule has 0 amide bonds. The number of ether oxygens (including phenoxy) is 1. The molecule has 4 aromatic rings. The van der Waals surface area contributed by atoms with E-state index in [9.17, 15) is 8.42 Å². The largest absolute Gasteiger partial charge is 0.470 e. The molecule has 0 bridgehead atoms. The molecule has 0 fully saturated rings. The van der Waals surface area contributed by atoms with Crippen molar-refractivity contribution in [1.82, 2.24) is 15.0 Å². The highest BCUT2D eigenvalue weighted by atomic mass is 32.2. The number of anilines is 1. The SMILES string of the molecule is Cc1ccc(S(=O)(=O)Nc2nc3ccccc3nc2OCc2ccncc2)cc1. The summed E-state index contributed by atoms with van der Waals surface area (Å²) in [5, 5.41) is 0. The number of nitrogens with zero attached hydrogens (tertiary/aromatic N) is 3. The minimum Gasteiger partial charge on any atom is -0.470 e. The molecule has 0 aliphatic rings. The van der Waals surface area contributed by atoms with Crippen molar-refractivity contribution in [2.45, 2.75) is 18.4 Å². The molecule has 0 aliphatic heterocycles. The van der Waals surface area contributed by atoms with E-state index in [1.165, 1.54) is 0 Å². The number of para-hydroxylation sites is 2. The highest BCUT2D eigenvalue weighted by molar-refractivity contribution is 7.92. The van der Waals surface area contributed by atoms with Crippen molar-refractivity contribution < 1.29 is 13.2 Å². The van der Waals surface area contributed by atoms with E-state index in [0.29, 0.717) is 11.0 Å². The normalized spacial score (nSPS) is 11.3. The van der Waals surface area contributed by atoms with Crippen LogP contribution in [0.5, 0.6) is 5.88 Å². The number of fused-ring (bicyclic) bond motifs is 1. The predicted octanol–water partition coefficient (Wildman–Crippen LogP) is 3.71. The summed E-state index contributed by atoms with van der Waals surface area (Å²) in [6.45, 7) is 2.10. The maximum Gasteiger partial charge on any atom is 0.263 e. The van der Waals surface area contributed by atoms with Crippen molar-refractivity contribution in [2.75, 3.05) is 4.72 Å². The monoisotopic (exact) mass is 406 g/mol. The van der Waals surface area contributed by atoms with Crippen LogP contribution in [0.2, 0.25) is 0 Å². The van der Waals surface area contributed by atoms with Gasteiger partial charge in [0.05, 0.1) is 15.9 Å². The van der Waals surface area contributed by atoms with E-state index in [0.717, 1.165) is 11.1 Å². The summed E-state index contributed by atoms with van der Waals surface area (Å²) < 4.78 is 34.0. The van der Waals surface area contributed by atoms with Gasteiger partial charge in [0.2, 0.25) is 5.82 Å². The molecular formula is C21H18N4O3S. The average molecular weight is 406 g/mol. The lowest BCUT2D eigenvalue weighted by molar-refractivity contribution is 0.295. The summed E-state index contributed by atoms with van der Waals surface area (Å²) in [4.78, 5) is 13.0. The molecule has 146 valence electrons. The third-order valence-electron chi connectivity index (χ3n) is 4.23. The van der Waals surface area contributed by atoms with Gasteiger partial charge in [-0.05, 0) is 48.9 Å². The Bertz CT molecular complexity index is 1240. The lowest BCUT2D eigenvalue weighted by Crippen LogP contribution is -2.15. The van der Waals surface area contributed by atoms with Crippen LogP contribution >= 0.6 is 0 Å². The molecule has 0 spiro atoms. The Kier molecular flexibility index (Phi) is 5.09. The molecule has 4 rings (SSSR count). The average Bonchev–Trinajstić information content (AvgIpc) is 2.73. The van der Waals surface area contributed by atoms with Gasteiger partial charge in [-0.25, -0.2) is 18.4 Å². The molecule has 0 saturated heterocycles. The minimum atomic E-state index is -3.85. The number of nitrogens with one attached hydrogen (secondary N) is 1. The number of rotatable bonds is 6. The van der Waals surface area contributed by atoms with E-state index >= 15 is 0 Å². The lowest BCUT2D eigenvalue weighted by Gasteiger charge is -2.13. The molecule has 29 heavy (non-hydrogen) atoms. The Balaban J connectivity index is 1.70. The molecule has 2 aromatic carbocycles. The van der Waals surface area contributed by atoms with Gasteiger partial charge >= 0.3 is 0 Å². The molecule has 0 atom stereocenters. The second kappa shape index (κ2) is 7.84. The summed E-state index contributed by atoms with van der Waals surface area (Å²) in [6, 6.07) is 17.4. The fraction of sp³-hybridized carbons (Fsp3) is 0.0952. The Morgan fingerprint density at radius 3 is 2.24 bits per heavy atom. The summed E-state index contributed by atoms with van der Waals surface area (Å²) in [5.41, 5.74) is 3.01. The molecule has 0 saturated carbocycles. The number of benzene rings is 2. The van der Waals surface area contributed by atoms with Crippen LogP contribution in [-0.4, -0.2) is 23.4 Å². The van der Waals surface area contributed by atoms with E-state index in [4.69, 9.17) is 4.74 Å². The molecular weight excluding hydrogens is 388 g/mol. The van der Waals surface area contributed by atoms with Gasteiger partial charge < -0.3 is 4.74 Å². The standard InChI is InChI=1S/C21H18N4O3S/c1-15-6-8-17(9-7-15)29(26,27)25-20-21(28-14-16-10-12-22-13-11-16)24-19-5-3-2-4-18(19)23-20/h2-13H,14H2,1H3,(H,23,25). The van der Waals surface area contributed by atoms with Gasteiger partial charge in [-0.15, -0.1) is 0 Å². The van der Waals surface area contributed by atoms with Gasteiger partial charge in [-0.2, -0.15) is 0 Å². The van der Waals surface area contributed by atoms with Crippen molar-refractivity contribution in [2.24, 2.45) is 0 Å². The first-order valence-electron chi connectivity index (χ1n) is 8.89. The number of pyridine rings is 1. The van der Waals surface area contributed by atoms with Gasteiger partial charge in [0.15, 0.2) is 0 Å². The third-order valence-corrected chi connectivity index (χ3v) is 5.58. The molecule has 7 nitrogen and oxygen atoms in total. The van der Waals surface area contributed by atoms with Gasteiger partial charge in [-0.3, -0.25) is 9.71 Å². The molecule has 8 heteroatoms. The summed E-state index contributed by atoms with van der Waals surface area (Å²) in [5.74, 6) is 0.148. The first-order chi connectivity index (χ1) is 14.0. The zero-order valence-corrected chi connectivity index (χ0v) is 16.4. The van der Waals surface area contributed by atoms with E-state index in [1.807, 2.05) is 31.2 Å². The Labute approximate surface area is 168 Å². The Hall–Kier alpha value is -3.52. The lowest BCUT2D eigenvalue weighted by atomic mass is 10.2. The Morgan fingerprint density at radius 1 is 0.897 bits per heavy atom. The number of hydrogen-bond acceptors (Lipinski definition) is 6. The van der Waals surface area contributed by atoms with Crippen LogP contribution in [0.3, 0.4) is 0 Å². The zero-order chi connectivity index (χ0) is 20.3. The molecule has 2 aromatic heterocycles. The van der Waals surface area contributed by atoms with Crippen LogP contribution in [0.15, 0.2) is 78.0 Å². The number of aromatic nitrogens is 3. The van der Waals surface area contributed by atoms with Crippen molar-refractivity contribution in [3.8, 4) is 5.88 Å². The van der Waals surface area contributed by atoms with Crippen LogP contribution in [0.4, 0.5) is 5.82 Å². The molecule has 0 aliphatic carbocycles. The van der Waals surface area contributed by atoms with Crippen LogP contribution < -0.4 is 9.46 Å². The second-order valence-electron chi connectivity index (χ2n) is 6.43. The fourth-order valence-corrected chi connectivity index (χ4v) is 3.69. The summed E-state index contributed by atoms with van der Waals surface area (Å²) in [6.07, 6.45) is 3.32. The number of hydrogen-bond donors (Lipinski definition) is 1. The van der Waals surface area contributed by atoms with Gasteiger partial charge in [0.1, 0.15) is 6.61 Å².